The Morgan fingerprint density at radius 2 is 1.90 bits per heavy atom. The molecule has 0 bridgehead atoms. The molecular weight excluding hydrogens is 257 g/mol. The summed E-state index contributed by atoms with van der Waals surface area (Å²) in [4.78, 5) is 13.3. The summed E-state index contributed by atoms with van der Waals surface area (Å²) in [6.45, 7) is 6.11. The van der Waals surface area contributed by atoms with Gasteiger partial charge in [0, 0.05) is 18.5 Å². The van der Waals surface area contributed by atoms with Crippen molar-refractivity contribution in [1.29, 1.82) is 0 Å². The third-order valence-corrected chi connectivity index (χ3v) is 4.14. The van der Waals surface area contributed by atoms with Crippen LogP contribution in [0, 0.1) is 11.2 Å². The number of benzene rings is 1. The van der Waals surface area contributed by atoms with E-state index >= 15 is 0 Å². The van der Waals surface area contributed by atoms with Crippen LogP contribution in [0.4, 0.5) is 10.1 Å². The van der Waals surface area contributed by atoms with E-state index in [4.69, 9.17) is 0 Å². The molecule has 1 aromatic rings. The molecule has 2 rings (SSSR count). The molecule has 1 saturated heterocycles. The van der Waals surface area contributed by atoms with Gasteiger partial charge in [0.2, 0.25) is 0 Å². The maximum Gasteiger partial charge on any atom is 0.337 e. The van der Waals surface area contributed by atoms with Gasteiger partial charge in [0.05, 0.1) is 11.3 Å². The quantitative estimate of drug-likeness (QED) is 0.857. The number of carboxylic acid groups (broad SMARTS) is 1. The molecule has 1 aliphatic rings. The molecule has 0 amide bonds. The van der Waals surface area contributed by atoms with Gasteiger partial charge in [-0.2, -0.15) is 0 Å². The Hall–Kier alpha value is -1.58. The largest absolute Gasteiger partial charge is 0.478 e. The summed E-state index contributed by atoms with van der Waals surface area (Å²) in [5, 5.41) is 9.20. The normalized spacial score (nSPS) is 16.9. The summed E-state index contributed by atoms with van der Waals surface area (Å²) in [5.41, 5.74) is 1.02. The highest BCUT2D eigenvalue weighted by Crippen LogP contribution is 2.42. The molecule has 1 heterocycles. The average molecular weight is 279 g/mol. The zero-order valence-corrected chi connectivity index (χ0v) is 12.2. The Bertz CT molecular complexity index is 487. The molecule has 0 radical (unpaired) electrons. The fraction of sp³-hybridized carbons (Fsp3) is 0.562. The first-order chi connectivity index (χ1) is 9.51. The average Bonchev–Trinajstić information content (AvgIpc) is 2.35. The van der Waals surface area contributed by atoms with E-state index in [1.165, 1.54) is 18.9 Å². The van der Waals surface area contributed by atoms with Crippen LogP contribution in [0.25, 0.3) is 0 Å². The highest BCUT2D eigenvalue weighted by Gasteiger charge is 2.42. The van der Waals surface area contributed by atoms with Crippen LogP contribution >= 0.6 is 0 Å². The van der Waals surface area contributed by atoms with E-state index in [2.05, 4.69) is 18.7 Å². The molecule has 1 fully saturated rings. The molecule has 0 aliphatic carbocycles. The second kappa shape index (κ2) is 5.81. The van der Waals surface area contributed by atoms with Crippen LogP contribution < -0.4 is 4.90 Å². The molecule has 0 unspecified atom stereocenters. The molecule has 20 heavy (non-hydrogen) atoms. The second-order valence-corrected chi connectivity index (χ2v) is 5.82. The van der Waals surface area contributed by atoms with Crippen LogP contribution in [0.3, 0.4) is 0 Å². The number of carboxylic acids is 1. The minimum Gasteiger partial charge on any atom is -0.478 e. The van der Waals surface area contributed by atoms with Crippen molar-refractivity contribution in [2.75, 3.05) is 18.0 Å². The summed E-state index contributed by atoms with van der Waals surface area (Å²) in [7, 11) is 0. The number of hydrogen-bond acceptors (Lipinski definition) is 2. The maximum absolute atomic E-state index is 13.2. The molecule has 110 valence electrons. The summed E-state index contributed by atoms with van der Waals surface area (Å²) in [6.07, 6.45) is 4.62. The van der Waals surface area contributed by atoms with E-state index in [-0.39, 0.29) is 5.56 Å². The maximum atomic E-state index is 13.2. The van der Waals surface area contributed by atoms with Crippen LogP contribution in [-0.4, -0.2) is 24.2 Å². The van der Waals surface area contributed by atoms with Crippen LogP contribution in [0.2, 0.25) is 0 Å². The van der Waals surface area contributed by atoms with E-state index in [0.717, 1.165) is 32.0 Å². The van der Waals surface area contributed by atoms with Crippen LogP contribution in [-0.2, 0) is 0 Å². The van der Waals surface area contributed by atoms with Crippen molar-refractivity contribution < 1.29 is 14.3 Å². The van der Waals surface area contributed by atoms with E-state index in [1.807, 2.05) is 0 Å². The molecule has 0 atom stereocenters. The lowest BCUT2D eigenvalue weighted by Gasteiger charge is -2.52. The van der Waals surface area contributed by atoms with Crippen molar-refractivity contribution in [3.63, 3.8) is 0 Å². The van der Waals surface area contributed by atoms with Crippen molar-refractivity contribution in [1.82, 2.24) is 0 Å². The summed E-state index contributed by atoms with van der Waals surface area (Å²) in [6, 6.07) is 4.03. The topological polar surface area (TPSA) is 40.5 Å². The van der Waals surface area contributed by atoms with Gasteiger partial charge in [-0.05, 0) is 31.0 Å². The first-order valence-corrected chi connectivity index (χ1v) is 7.29. The summed E-state index contributed by atoms with van der Waals surface area (Å²) < 4.78 is 13.2. The van der Waals surface area contributed by atoms with Crippen molar-refractivity contribution in [2.24, 2.45) is 5.41 Å². The minimum absolute atomic E-state index is 0.0617. The molecule has 0 saturated carbocycles. The smallest absolute Gasteiger partial charge is 0.337 e. The monoisotopic (exact) mass is 279 g/mol. The summed E-state index contributed by atoms with van der Waals surface area (Å²) >= 11 is 0. The van der Waals surface area contributed by atoms with Gasteiger partial charge in [-0.15, -0.1) is 0 Å². The third-order valence-electron chi connectivity index (χ3n) is 4.14. The first-order valence-electron chi connectivity index (χ1n) is 7.29. The van der Waals surface area contributed by atoms with Crippen molar-refractivity contribution >= 4 is 11.7 Å². The minimum atomic E-state index is -1.07. The Morgan fingerprint density at radius 3 is 2.40 bits per heavy atom. The van der Waals surface area contributed by atoms with E-state index in [9.17, 15) is 14.3 Å². The molecule has 0 aromatic heterocycles. The van der Waals surface area contributed by atoms with Crippen LogP contribution in [0.5, 0.6) is 0 Å². The Kier molecular flexibility index (Phi) is 4.31. The van der Waals surface area contributed by atoms with E-state index < -0.39 is 11.8 Å². The molecule has 1 aromatic carbocycles. The van der Waals surface area contributed by atoms with Gasteiger partial charge in [-0.3, -0.25) is 0 Å². The number of nitrogens with zero attached hydrogens (tertiary/aromatic N) is 1. The third kappa shape index (κ3) is 2.79. The lowest BCUT2D eigenvalue weighted by molar-refractivity contribution is 0.0695. The number of aromatic carboxylic acids is 1. The highest BCUT2D eigenvalue weighted by atomic mass is 19.1. The zero-order chi connectivity index (χ0) is 14.8. The van der Waals surface area contributed by atoms with Gasteiger partial charge in [-0.25, -0.2) is 9.18 Å². The predicted molar refractivity (Wildman–Crippen MR) is 77.8 cm³/mol. The first kappa shape index (κ1) is 14.8. The molecule has 3 nitrogen and oxygen atoms in total. The van der Waals surface area contributed by atoms with Gasteiger partial charge in [-0.1, -0.05) is 26.7 Å². The molecule has 4 heteroatoms. The van der Waals surface area contributed by atoms with Gasteiger partial charge in [0.1, 0.15) is 5.82 Å². The van der Waals surface area contributed by atoms with Gasteiger partial charge in [0.25, 0.3) is 0 Å². The molecule has 0 spiro atoms. The van der Waals surface area contributed by atoms with E-state index in [1.54, 1.807) is 6.07 Å². The van der Waals surface area contributed by atoms with Crippen LogP contribution in [0.15, 0.2) is 18.2 Å². The molecule has 1 N–H and O–H groups in total. The van der Waals surface area contributed by atoms with Gasteiger partial charge in [0.15, 0.2) is 0 Å². The standard InChI is InChI=1S/C16H22FNO2/c1-3-7-16(8-4-2)10-18(11-16)14-6-5-12(17)9-13(14)15(19)20/h5-6,9H,3-4,7-8,10-11H2,1-2H3,(H,19,20). The number of hydrogen-bond donors (Lipinski definition) is 1. The second-order valence-electron chi connectivity index (χ2n) is 5.82. The Balaban J connectivity index is 2.17. The van der Waals surface area contributed by atoms with Gasteiger partial charge < -0.3 is 10.0 Å². The van der Waals surface area contributed by atoms with Crippen molar-refractivity contribution in [3.8, 4) is 0 Å². The Morgan fingerprint density at radius 1 is 1.30 bits per heavy atom. The lowest BCUT2D eigenvalue weighted by Crippen LogP contribution is -2.56. The number of halogens is 1. The van der Waals surface area contributed by atoms with Crippen molar-refractivity contribution in [2.45, 2.75) is 39.5 Å². The summed E-state index contributed by atoms with van der Waals surface area (Å²) in [5.74, 6) is -1.57. The predicted octanol–water partition coefficient (Wildman–Crippen LogP) is 3.93. The Labute approximate surface area is 119 Å². The fourth-order valence-corrected chi connectivity index (χ4v) is 3.39. The number of carbonyl (C=O) groups is 1. The van der Waals surface area contributed by atoms with Crippen molar-refractivity contribution in [3.05, 3.63) is 29.6 Å². The lowest BCUT2D eigenvalue weighted by atomic mass is 9.72. The molecule has 1 aliphatic heterocycles. The number of rotatable bonds is 6. The zero-order valence-electron chi connectivity index (χ0n) is 12.2. The fourth-order valence-electron chi connectivity index (χ4n) is 3.39. The molecular formula is C16H22FNO2. The highest BCUT2D eigenvalue weighted by molar-refractivity contribution is 5.94. The van der Waals surface area contributed by atoms with Crippen LogP contribution in [0.1, 0.15) is 49.9 Å². The van der Waals surface area contributed by atoms with Gasteiger partial charge >= 0.3 is 5.97 Å². The number of anilines is 1. The SMILES string of the molecule is CCCC1(CCC)CN(c2ccc(F)cc2C(=O)O)C1. The van der Waals surface area contributed by atoms with E-state index in [0.29, 0.717) is 11.1 Å².